The summed E-state index contributed by atoms with van der Waals surface area (Å²) in [5.74, 6) is 0.222. The van der Waals surface area contributed by atoms with Crippen molar-refractivity contribution in [2.45, 2.75) is 55.3 Å². The average molecular weight is 484 g/mol. The van der Waals surface area contributed by atoms with Gasteiger partial charge < -0.3 is 15.5 Å². The van der Waals surface area contributed by atoms with E-state index in [1.54, 1.807) is 26.0 Å². The fourth-order valence-corrected chi connectivity index (χ4v) is 5.55. The van der Waals surface area contributed by atoms with Crippen LogP contribution >= 0.6 is 0 Å². The van der Waals surface area contributed by atoms with E-state index in [2.05, 4.69) is 30.8 Å². The van der Waals surface area contributed by atoms with E-state index >= 15 is 0 Å². The van der Waals surface area contributed by atoms with Crippen molar-refractivity contribution in [2.75, 3.05) is 11.1 Å². The Morgan fingerprint density at radius 1 is 1.21 bits per heavy atom. The molecule has 3 aromatic rings. The molecule has 1 amide bonds. The van der Waals surface area contributed by atoms with E-state index in [0.717, 1.165) is 19.3 Å². The topological polar surface area (TPSA) is 166 Å². The lowest BCUT2D eigenvalue weighted by atomic mass is 9.99. The number of benzene rings is 1. The van der Waals surface area contributed by atoms with E-state index in [-0.39, 0.29) is 40.3 Å². The highest BCUT2D eigenvalue weighted by molar-refractivity contribution is 7.92. The highest BCUT2D eigenvalue weighted by Crippen LogP contribution is 2.35. The molecule has 1 saturated carbocycles. The minimum atomic E-state index is -3.38. The molecule has 178 valence electrons. The maximum absolute atomic E-state index is 12.6. The van der Waals surface area contributed by atoms with Gasteiger partial charge in [-0.05, 0) is 51.2 Å². The molecule has 2 aliphatic rings. The van der Waals surface area contributed by atoms with Crippen LogP contribution < -0.4 is 16.4 Å². The van der Waals surface area contributed by atoms with E-state index in [1.807, 2.05) is 0 Å². The number of hydrogen-bond donors (Lipinski definition) is 3. The highest BCUT2D eigenvalue weighted by atomic mass is 32.2. The average Bonchev–Trinajstić information content (AvgIpc) is 3.57. The molecule has 34 heavy (non-hydrogen) atoms. The van der Waals surface area contributed by atoms with Crippen molar-refractivity contribution in [1.82, 2.24) is 25.5 Å². The van der Waals surface area contributed by atoms with Crippen molar-refractivity contribution in [1.29, 1.82) is 0 Å². The summed E-state index contributed by atoms with van der Waals surface area (Å²) in [5.41, 5.74) is 7.25. The van der Waals surface area contributed by atoms with Crippen LogP contribution in [0.4, 0.5) is 11.8 Å². The number of nitrogens with zero attached hydrogens (tertiary/aromatic N) is 4. The van der Waals surface area contributed by atoms with Gasteiger partial charge in [0, 0.05) is 11.6 Å². The van der Waals surface area contributed by atoms with E-state index in [9.17, 15) is 13.2 Å². The minimum absolute atomic E-state index is 0.0158. The van der Waals surface area contributed by atoms with Gasteiger partial charge in [0.2, 0.25) is 5.91 Å². The van der Waals surface area contributed by atoms with Crippen LogP contribution in [0.25, 0.3) is 22.8 Å². The summed E-state index contributed by atoms with van der Waals surface area (Å²) in [4.78, 5) is 21.5. The third-order valence-corrected chi connectivity index (χ3v) is 8.57. The van der Waals surface area contributed by atoms with Crippen LogP contribution in [0, 0.1) is 5.92 Å². The van der Waals surface area contributed by atoms with E-state index in [0.29, 0.717) is 23.2 Å². The second-order valence-electron chi connectivity index (χ2n) is 8.92. The van der Waals surface area contributed by atoms with Gasteiger partial charge in [0.1, 0.15) is 0 Å². The van der Waals surface area contributed by atoms with Gasteiger partial charge in [0.05, 0.1) is 28.1 Å². The number of aromatic nitrogens is 4. The summed E-state index contributed by atoms with van der Waals surface area (Å²) in [7, 11) is -3.38. The van der Waals surface area contributed by atoms with Gasteiger partial charge in [0.25, 0.3) is 5.89 Å². The lowest BCUT2D eigenvalue weighted by Gasteiger charge is -2.21. The smallest absolute Gasteiger partial charge is 0.322 e. The van der Waals surface area contributed by atoms with Crippen LogP contribution in [0.1, 0.15) is 33.1 Å². The monoisotopic (exact) mass is 483 g/mol. The van der Waals surface area contributed by atoms with Crippen molar-refractivity contribution < 1.29 is 17.6 Å². The number of carbonyl (C=O) groups is 1. The Morgan fingerprint density at radius 2 is 1.97 bits per heavy atom. The predicted molar refractivity (Wildman–Crippen MR) is 124 cm³/mol. The number of hydrogen-bond acceptors (Lipinski definition) is 10. The van der Waals surface area contributed by atoms with Gasteiger partial charge in [-0.3, -0.25) is 10.1 Å². The number of carbonyl (C=O) groups excluding carboxylic acids is 1. The van der Waals surface area contributed by atoms with Crippen molar-refractivity contribution in [2.24, 2.45) is 5.92 Å². The number of nitrogens with one attached hydrogen (secondary N) is 2. The molecule has 1 aliphatic carbocycles. The van der Waals surface area contributed by atoms with Gasteiger partial charge in [-0.15, -0.1) is 5.10 Å². The number of nitrogens with two attached hydrogens (primary N) is 1. The maximum atomic E-state index is 12.6. The van der Waals surface area contributed by atoms with Crippen LogP contribution in [0.3, 0.4) is 0 Å². The summed E-state index contributed by atoms with van der Waals surface area (Å²) >= 11 is 0. The molecular weight excluding hydrogens is 458 g/mol. The number of piperidine rings is 1. The Kier molecular flexibility index (Phi) is 5.56. The second-order valence-corrected chi connectivity index (χ2v) is 11.4. The first-order chi connectivity index (χ1) is 16.2. The van der Waals surface area contributed by atoms with Crippen LogP contribution in [-0.2, 0) is 14.6 Å². The number of sulfone groups is 1. The molecule has 5 rings (SSSR count). The van der Waals surface area contributed by atoms with Crippen molar-refractivity contribution >= 4 is 27.6 Å². The van der Waals surface area contributed by atoms with Crippen LogP contribution in [0.2, 0.25) is 0 Å². The first-order valence-corrected chi connectivity index (χ1v) is 12.6. The molecule has 0 radical (unpaired) electrons. The summed E-state index contributed by atoms with van der Waals surface area (Å²) in [6, 6.07) is 6.47. The second kappa shape index (κ2) is 8.44. The Bertz CT molecular complexity index is 1340. The SMILES string of the molecule is CC(C)S(=O)(=O)c1ccc(-c2cnc(N)c(-c3nnc(NC(=O)[C@H]4N[C@H]5CC[C@@H]4C5)o3)n2)cc1. The Hall–Kier alpha value is -3.38. The molecule has 11 nitrogen and oxygen atoms in total. The lowest BCUT2D eigenvalue weighted by Crippen LogP contribution is -2.44. The van der Waals surface area contributed by atoms with E-state index in [1.165, 1.54) is 18.3 Å². The molecule has 0 unspecified atom stereocenters. The molecule has 2 fully saturated rings. The summed E-state index contributed by atoms with van der Waals surface area (Å²) in [6.45, 7) is 3.27. The highest BCUT2D eigenvalue weighted by Gasteiger charge is 2.43. The molecule has 1 aromatic carbocycles. The first kappa shape index (κ1) is 22.4. The fraction of sp³-hybridized carbons (Fsp3) is 0.409. The lowest BCUT2D eigenvalue weighted by molar-refractivity contribution is -0.119. The number of amides is 1. The van der Waals surface area contributed by atoms with Crippen molar-refractivity contribution in [3.63, 3.8) is 0 Å². The molecule has 2 bridgehead atoms. The molecule has 0 spiro atoms. The van der Waals surface area contributed by atoms with Gasteiger partial charge in [-0.2, -0.15) is 0 Å². The Labute approximate surface area is 196 Å². The summed E-state index contributed by atoms with van der Waals surface area (Å²) in [6.07, 6.45) is 4.62. The van der Waals surface area contributed by atoms with Gasteiger partial charge >= 0.3 is 6.01 Å². The summed E-state index contributed by atoms with van der Waals surface area (Å²) in [5, 5.41) is 13.3. The number of rotatable bonds is 6. The molecule has 3 atom stereocenters. The quantitative estimate of drug-likeness (QED) is 0.472. The maximum Gasteiger partial charge on any atom is 0.322 e. The standard InChI is InChI=1S/C22H25N7O4S/c1-11(2)34(31,32)15-7-4-12(5-8-15)16-10-24-19(23)18(26-16)21-28-29-22(33-21)27-20(30)17-13-3-6-14(9-13)25-17/h4-5,7-8,10-11,13-14,17,25H,3,6,9H2,1-2H3,(H2,23,24)(H,27,29,30)/t13-,14+,17+/m1/s1. The van der Waals surface area contributed by atoms with Crippen molar-refractivity contribution in [3.05, 3.63) is 30.5 Å². The Morgan fingerprint density at radius 3 is 2.62 bits per heavy atom. The zero-order chi connectivity index (χ0) is 24.0. The number of fused-ring (bicyclic) bond motifs is 2. The largest absolute Gasteiger partial charge is 0.401 e. The molecular formula is C22H25N7O4S. The normalized spacial score (nSPS) is 21.8. The van der Waals surface area contributed by atoms with Crippen LogP contribution in [0.15, 0.2) is 39.8 Å². The molecule has 4 N–H and O–H groups in total. The zero-order valence-corrected chi connectivity index (χ0v) is 19.5. The third kappa shape index (κ3) is 4.03. The molecule has 1 aliphatic heterocycles. The fourth-order valence-electron chi connectivity index (χ4n) is 4.49. The first-order valence-electron chi connectivity index (χ1n) is 11.1. The van der Waals surface area contributed by atoms with Gasteiger partial charge in [0.15, 0.2) is 21.3 Å². The minimum Gasteiger partial charge on any atom is -0.401 e. The molecule has 3 heterocycles. The van der Waals surface area contributed by atoms with E-state index < -0.39 is 15.1 Å². The van der Waals surface area contributed by atoms with Crippen LogP contribution in [0.5, 0.6) is 0 Å². The zero-order valence-electron chi connectivity index (χ0n) is 18.7. The molecule has 12 heteroatoms. The van der Waals surface area contributed by atoms with Gasteiger partial charge in [-0.1, -0.05) is 17.2 Å². The van der Waals surface area contributed by atoms with Crippen LogP contribution in [-0.4, -0.2) is 51.8 Å². The third-order valence-electron chi connectivity index (χ3n) is 6.40. The Balaban J connectivity index is 1.35. The van der Waals surface area contributed by atoms with Crippen molar-refractivity contribution in [3.8, 4) is 22.8 Å². The molecule has 1 saturated heterocycles. The summed E-state index contributed by atoms with van der Waals surface area (Å²) < 4.78 is 30.3. The predicted octanol–water partition coefficient (Wildman–Crippen LogP) is 2.04. The molecule has 2 aromatic heterocycles. The number of anilines is 2. The van der Waals surface area contributed by atoms with Gasteiger partial charge in [-0.25, -0.2) is 18.4 Å². The van der Waals surface area contributed by atoms with E-state index in [4.69, 9.17) is 10.2 Å². The number of nitrogen functional groups attached to an aromatic ring is 1.